The van der Waals surface area contributed by atoms with Gasteiger partial charge in [-0.2, -0.15) is 0 Å². The molecule has 0 N–H and O–H groups in total. The third-order valence-corrected chi connectivity index (χ3v) is 5.71. The molecule has 6 heteroatoms. The van der Waals surface area contributed by atoms with Crippen LogP contribution in [0.15, 0.2) is 18.2 Å². The van der Waals surface area contributed by atoms with E-state index in [2.05, 4.69) is 57.9 Å². The van der Waals surface area contributed by atoms with Crippen LogP contribution in [-0.4, -0.2) is 33.8 Å². The summed E-state index contributed by atoms with van der Waals surface area (Å²) in [6, 6.07) is 6.34. The van der Waals surface area contributed by atoms with E-state index < -0.39 is 0 Å². The lowest BCUT2D eigenvalue weighted by Gasteiger charge is -2.29. The minimum absolute atomic E-state index is 0.0826. The number of pyridine rings is 1. The number of ether oxygens (including phenoxy) is 1. The molecule has 2 aromatic heterocycles. The normalized spacial score (nSPS) is 11.4. The van der Waals surface area contributed by atoms with Gasteiger partial charge < -0.3 is 9.64 Å². The second-order valence-corrected chi connectivity index (χ2v) is 8.28. The van der Waals surface area contributed by atoms with Crippen molar-refractivity contribution in [2.45, 2.75) is 60.4 Å². The topological polar surface area (TPSA) is 60.2 Å². The van der Waals surface area contributed by atoms with Crippen molar-refractivity contribution in [2.24, 2.45) is 7.05 Å². The molecule has 0 bridgehead atoms. The van der Waals surface area contributed by atoms with Gasteiger partial charge in [-0.05, 0) is 76.3 Å². The average molecular weight is 409 g/mol. The van der Waals surface area contributed by atoms with E-state index in [9.17, 15) is 4.79 Å². The Bertz CT molecular complexity index is 1100. The highest BCUT2D eigenvalue weighted by Crippen LogP contribution is 2.31. The Labute approximate surface area is 178 Å². The first-order valence-corrected chi connectivity index (χ1v) is 10.4. The lowest BCUT2D eigenvalue weighted by atomic mass is 9.99. The Kier molecular flexibility index (Phi) is 6.15. The van der Waals surface area contributed by atoms with E-state index in [1.54, 1.807) is 11.8 Å². The van der Waals surface area contributed by atoms with Crippen molar-refractivity contribution in [1.29, 1.82) is 0 Å². The van der Waals surface area contributed by atoms with E-state index in [0.717, 1.165) is 44.7 Å². The third kappa shape index (κ3) is 3.91. The molecular formula is C24H32N4O2. The molecule has 160 valence electrons. The number of carbonyl (C=O) groups is 1. The summed E-state index contributed by atoms with van der Waals surface area (Å²) in [7, 11) is 3.49. The van der Waals surface area contributed by atoms with Crippen LogP contribution in [0.3, 0.4) is 0 Å². The van der Waals surface area contributed by atoms with Crippen LogP contribution < -0.4 is 9.64 Å². The molecule has 0 unspecified atom stereocenters. The number of hydrogen-bond donors (Lipinski definition) is 0. The van der Waals surface area contributed by atoms with Gasteiger partial charge in [0.05, 0.1) is 12.5 Å². The van der Waals surface area contributed by atoms with Crippen LogP contribution in [0.2, 0.25) is 0 Å². The Morgan fingerprint density at radius 2 is 1.90 bits per heavy atom. The van der Waals surface area contributed by atoms with E-state index in [4.69, 9.17) is 9.72 Å². The number of aromatic nitrogens is 3. The number of amides is 1. The maximum absolute atomic E-state index is 13.3. The highest BCUT2D eigenvalue weighted by Gasteiger charge is 2.23. The van der Waals surface area contributed by atoms with E-state index in [1.165, 1.54) is 0 Å². The molecule has 0 aliphatic rings. The van der Waals surface area contributed by atoms with Crippen molar-refractivity contribution in [3.05, 3.63) is 46.1 Å². The first-order valence-electron chi connectivity index (χ1n) is 10.4. The van der Waals surface area contributed by atoms with Crippen LogP contribution in [0.1, 0.15) is 48.2 Å². The number of nitrogens with zero attached hydrogens (tertiary/aromatic N) is 4. The van der Waals surface area contributed by atoms with Gasteiger partial charge >= 0.3 is 0 Å². The van der Waals surface area contributed by atoms with E-state index in [-0.39, 0.29) is 11.9 Å². The molecule has 1 aromatic carbocycles. The summed E-state index contributed by atoms with van der Waals surface area (Å²) in [5.74, 6) is 0.694. The first kappa shape index (κ1) is 21.8. The van der Waals surface area contributed by atoms with E-state index in [1.807, 2.05) is 18.9 Å². The predicted octanol–water partition coefficient (Wildman–Crippen LogP) is 4.58. The Balaban J connectivity index is 1.92. The Morgan fingerprint density at radius 1 is 1.20 bits per heavy atom. The number of fused-ring (bicyclic) bond motifs is 1. The van der Waals surface area contributed by atoms with Gasteiger partial charge in [0.25, 0.3) is 0 Å². The van der Waals surface area contributed by atoms with Crippen LogP contribution in [0.25, 0.3) is 11.0 Å². The fourth-order valence-electron chi connectivity index (χ4n) is 4.14. The fraction of sp³-hybridized carbons (Fsp3) is 0.458. The maximum atomic E-state index is 13.3. The molecule has 6 nitrogen and oxygen atoms in total. The molecule has 1 amide bonds. The lowest BCUT2D eigenvalue weighted by molar-refractivity contribution is -0.118. The fourth-order valence-corrected chi connectivity index (χ4v) is 4.14. The van der Waals surface area contributed by atoms with Crippen LogP contribution in [0.5, 0.6) is 5.88 Å². The van der Waals surface area contributed by atoms with Crippen LogP contribution in [-0.2, 0) is 18.3 Å². The van der Waals surface area contributed by atoms with Crippen molar-refractivity contribution >= 4 is 22.6 Å². The second-order valence-electron chi connectivity index (χ2n) is 8.28. The van der Waals surface area contributed by atoms with Crippen molar-refractivity contribution in [3.8, 4) is 5.88 Å². The smallest absolute Gasteiger partial charge is 0.242 e. The number of anilines is 1. The summed E-state index contributed by atoms with van der Waals surface area (Å²) in [6.45, 7) is 12.3. The second kappa shape index (κ2) is 8.46. The number of methoxy groups -OCH3 is 1. The molecule has 0 saturated carbocycles. The molecule has 2 heterocycles. The predicted molar refractivity (Wildman–Crippen MR) is 121 cm³/mol. The molecule has 0 fully saturated rings. The standard InChI is InChI=1S/C24H32N4O2/c1-14(2)28(20-13-15(3)9-10-16(20)4)21(29)12-11-19-17(5)22-23(25-18(19)6)27(7)26-24(22)30-8/h9-10,13-14H,11-12H2,1-8H3. The molecule has 0 aliphatic carbocycles. The van der Waals surface area contributed by atoms with Gasteiger partial charge in [0, 0.05) is 30.9 Å². The van der Waals surface area contributed by atoms with E-state index >= 15 is 0 Å². The number of aryl methyl sites for hydroxylation is 5. The zero-order valence-corrected chi connectivity index (χ0v) is 19.3. The van der Waals surface area contributed by atoms with Gasteiger partial charge in [0.2, 0.25) is 11.8 Å². The zero-order chi connectivity index (χ0) is 22.2. The number of carbonyl (C=O) groups excluding carboxylic acids is 1. The molecule has 0 atom stereocenters. The third-order valence-electron chi connectivity index (χ3n) is 5.71. The van der Waals surface area contributed by atoms with Gasteiger partial charge in [0.15, 0.2) is 5.65 Å². The summed E-state index contributed by atoms with van der Waals surface area (Å²) in [4.78, 5) is 20.0. The number of hydrogen-bond acceptors (Lipinski definition) is 4. The van der Waals surface area contributed by atoms with Gasteiger partial charge in [0.1, 0.15) is 0 Å². The van der Waals surface area contributed by atoms with Gasteiger partial charge in [-0.15, -0.1) is 5.10 Å². The molecule has 3 aromatic rings. The van der Waals surface area contributed by atoms with Gasteiger partial charge in [-0.3, -0.25) is 4.79 Å². The number of benzene rings is 1. The molecule has 0 aliphatic heterocycles. The summed E-state index contributed by atoms with van der Waals surface area (Å²) in [5.41, 5.74) is 7.16. The van der Waals surface area contributed by atoms with Crippen LogP contribution >= 0.6 is 0 Å². The van der Waals surface area contributed by atoms with Crippen molar-refractivity contribution in [1.82, 2.24) is 14.8 Å². The lowest BCUT2D eigenvalue weighted by Crippen LogP contribution is -2.37. The SMILES string of the molecule is COc1nn(C)c2nc(C)c(CCC(=O)N(c3cc(C)ccc3C)C(C)C)c(C)c12. The molecule has 0 radical (unpaired) electrons. The van der Waals surface area contributed by atoms with Crippen molar-refractivity contribution < 1.29 is 9.53 Å². The van der Waals surface area contributed by atoms with E-state index in [0.29, 0.717) is 18.7 Å². The Morgan fingerprint density at radius 3 is 2.53 bits per heavy atom. The first-order chi connectivity index (χ1) is 14.1. The molecular weight excluding hydrogens is 376 g/mol. The van der Waals surface area contributed by atoms with Crippen LogP contribution in [0.4, 0.5) is 5.69 Å². The average Bonchev–Trinajstić information content (AvgIpc) is 3.00. The minimum Gasteiger partial charge on any atom is -0.479 e. The highest BCUT2D eigenvalue weighted by atomic mass is 16.5. The zero-order valence-electron chi connectivity index (χ0n) is 19.3. The van der Waals surface area contributed by atoms with Crippen molar-refractivity contribution in [3.63, 3.8) is 0 Å². The van der Waals surface area contributed by atoms with Crippen LogP contribution in [0, 0.1) is 27.7 Å². The van der Waals surface area contributed by atoms with Gasteiger partial charge in [-0.1, -0.05) is 12.1 Å². The minimum atomic E-state index is 0.0826. The molecule has 3 rings (SSSR count). The summed E-state index contributed by atoms with van der Waals surface area (Å²) >= 11 is 0. The molecule has 0 spiro atoms. The van der Waals surface area contributed by atoms with Gasteiger partial charge in [-0.25, -0.2) is 9.67 Å². The Hall–Kier alpha value is -2.89. The molecule has 0 saturated heterocycles. The summed E-state index contributed by atoms with van der Waals surface area (Å²) in [6.07, 6.45) is 1.05. The summed E-state index contributed by atoms with van der Waals surface area (Å²) < 4.78 is 7.19. The largest absolute Gasteiger partial charge is 0.479 e. The number of rotatable bonds is 6. The highest BCUT2D eigenvalue weighted by molar-refractivity contribution is 5.95. The van der Waals surface area contributed by atoms with Crippen molar-refractivity contribution in [2.75, 3.05) is 12.0 Å². The monoisotopic (exact) mass is 408 g/mol. The maximum Gasteiger partial charge on any atom is 0.242 e. The summed E-state index contributed by atoms with van der Waals surface area (Å²) in [5, 5.41) is 5.33. The quantitative estimate of drug-likeness (QED) is 0.599. The molecule has 30 heavy (non-hydrogen) atoms.